The Balaban J connectivity index is 2.19. The van der Waals surface area contributed by atoms with E-state index in [-0.39, 0.29) is 0 Å². The molecule has 1 N–H and O–H groups in total. The summed E-state index contributed by atoms with van der Waals surface area (Å²) in [5.74, 6) is 0.295. The van der Waals surface area contributed by atoms with Crippen molar-refractivity contribution < 1.29 is 4.79 Å². The molecule has 0 bridgehead atoms. The maximum atomic E-state index is 11.2. The molecule has 0 saturated heterocycles. The molecule has 0 radical (unpaired) electrons. The predicted molar refractivity (Wildman–Crippen MR) is 58.3 cm³/mol. The number of hydrogen-bond donors (Lipinski definition) is 1. The first-order valence-electron chi connectivity index (χ1n) is 5.03. The highest BCUT2D eigenvalue weighted by Crippen LogP contribution is 2.04. The summed E-state index contributed by atoms with van der Waals surface area (Å²) in [6.07, 6.45) is 2.62. The van der Waals surface area contributed by atoms with Crippen molar-refractivity contribution in [1.29, 1.82) is 0 Å². The maximum Gasteiger partial charge on any atom is 0.146 e. The van der Waals surface area contributed by atoms with Gasteiger partial charge >= 0.3 is 0 Å². The molecule has 0 aromatic heterocycles. The lowest BCUT2D eigenvalue weighted by atomic mass is 10.1. The van der Waals surface area contributed by atoms with E-state index in [2.05, 4.69) is 17.4 Å². The Labute approximate surface area is 85.3 Å². The van der Waals surface area contributed by atoms with Crippen molar-refractivity contribution in [3.05, 3.63) is 35.9 Å². The van der Waals surface area contributed by atoms with E-state index < -0.39 is 0 Å². The smallest absolute Gasteiger partial charge is 0.146 e. The minimum Gasteiger partial charge on any atom is -0.313 e. The van der Waals surface area contributed by atoms with Gasteiger partial charge in [-0.25, -0.2) is 0 Å². The Bertz CT molecular complexity index is 269. The molecular weight excluding hydrogens is 174 g/mol. The first-order chi connectivity index (χ1) is 6.83. The highest BCUT2D eigenvalue weighted by Gasteiger charge is 1.99. The van der Waals surface area contributed by atoms with Gasteiger partial charge in [0.1, 0.15) is 5.78 Å². The fourth-order valence-corrected chi connectivity index (χ4v) is 1.42. The van der Waals surface area contributed by atoms with Crippen molar-refractivity contribution in [3.8, 4) is 0 Å². The summed E-state index contributed by atoms with van der Waals surface area (Å²) >= 11 is 0. The fourth-order valence-electron chi connectivity index (χ4n) is 1.42. The Morgan fingerprint density at radius 2 is 2.00 bits per heavy atom. The molecule has 2 heteroatoms. The number of nitrogens with one attached hydrogen (secondary N) is 1. The molecule has 0 amide bonds. The van der Waals surface area contributed by atoms with E-state index >= 15 is 0 Å². The van der Waals surface area contributed by atoms with Gasteiger partial charge in [-0.1, -0.05) is 30.3 Å². The van der Waals surface area contributed by atoms with Crippen LogP contribution in [0.25, 0.3) is 0 Å². The number of hydrogen-bond acceptors (Lipinski definition) is 2. The van der Waals surface area contributed by atoms with E-state index in [4.69, 9.17) is 0 Å². The van der Waals surface area contributed by atoms with Gasteiger partial charge in [0.15, 0.2) is 0 Å². The molecule has 0 atom stereocenters. The summed E-state index contributed by atoms with van der Waals surface area (Å²) in [6, 6.07) is 10.3. The molecule has 2 nitrogen and oxygen atoms in total. The largest absolute Gasteiger partial charge is 0.313 e. The van der Waals surface area contributed by atoms with Crippen LogP contribution in [-0.4, -0.2) is 19.4 Å². The second kappa shape index (κ2) is 6.33. The number of Topliss-reactive ketones (excluding diaryl/α,β-unsaturated/α-hetero) is 1. The zero-order valence-corrected chi connectivity index (χ0v) is 8.62. The van der Waals surface area contributed by atoms with Crippen LogP contribution in [0.15, 0.2) is 30.3 Å². The maximum absolute atomic E-state index is 11.2. The molecule has 14 heavy (non-hydrogen) atoms. The van der Waals surface area contributed by atoms with E-state index in [0.717, 1.165) is 12.8 Å². The van der Waals surface area contributed by atoms with Crippen molar-refractivity contribution in [3.63, 3.8) is 0 Å². The second-order valence-corrected chi connectivity index (χ2v) is 3.41. The summed E-state index contributed by atoms with van der Waals surface area (Å²) in [5, 5.41) is 2.87. The molecule has 0 spiro atoms. The third-order valence-corrected chi connectivity index (χ3v) is 2.14. The fraction of sp³-hybridized carbons (Fsp3) is 0.417. The molecule has 0 aliphatic heterocycles. The van der Waals surface area contributed by atoms with Gasteiger partial charge in [-0.3, -0.25) is 4.79 Å². The zero-order valence-electron chi connectivity index (χ0n) is 8.62. The SMILES string of the molecule is CNCC(=O)CCCc1ccccc1. The first kappa shape index (κ1) is 10.9. The summed E-state index contributed by atoms with van der Waals surface area (Å²) in [5.41, 5.74) is 1.31. The van der Waals surface area contributed by atoms with Crippen LogP contribution in [0.5, 0.6) is 0 Å². The quantitative estimate of drug-likeness (QED) is 0.743. The summed E-state index contributed by atoms with van der Waals surface area (Å²) in [4.78, 5) is 11.2. The summed E-state index contributed by atoms with van der Waals surface area (Å²) in [7, 11) is 1.80. The van der Waals surface area contributed by atoms with E-state index in [1.807, 2.05) is 18.2 Å². The minimum atomic E-state index is 0.295. The molecular formula is C12H17NO. The molecule has 1 aromatic carbocycles. The molecule has 76 valence electrons. The van der Waals surface area contributed by atoms with Crippen molar-refractivity contribution >= 4 is 5.78 Å². The van der Waals surface area contributed by atoms with Crippen molar-refractivity contribution in [2.24, 2.45) is 0 Å². The van der Waals surface area contributed by atoms with E-state index in [9.17, 15) is 4.79 Å². The number of carbonyl (C=O) groups is 1. The topological polar surface area (TPSA) is 29.1 Å². The second-order valence-electron chi connectivity index (χ2n) is 3.41. The summed E-state index contributed by atoms with van der Waals surface area (Å²) in [6.45, 7) is 0.495. The lowest BCUT2D eigenvalue weighted by molar-refractivity contribution is -0.118. The molecule has 0 heterocycles. The molecule has 0 unspecified atom stereocenters. The average molecular weight is 191 g/mol. The first-order valence-corrected chi connectivity index (χ1v) is 5.03. The lowest BCUT2D eigenvalue weighted by Gasteiger charge is -2.00. The number of ketones is 1. The molecule has 1 rings (SSSR count). The van der Waals surface area contributed by atoms with Gasteiger partial charge in [-0.05, 0) is 25.5 Å². The van der Waals surface area contributed by atoms with Crippen LogP contribution in [0.1, 0.15) is 18.4 Å². The van der Waals surface area contributed by atoms with Crippen LogP contribution >= 0.6 is 0 Å². The summed E-state index contributed by atoms with van der Waals surface area (Å²) < 4.78 is 0. The van der Waals surface area contributed by atoms with Crippen LogP contribution in [0.2, 0.25) is 0 Å². The zero-order chi connectivity index (χ0) is 10.2. The van der Waals surface area contributed by atoms with Crippen LogP contribution in [0.4, 0.5) is 0 Å². The number of benzene rings is 1. The van der Waals surface area contributed by atoms with Crippen LogP contribution < -0.4 is 5.32 Å². The lowest BCUT2D eigenvalue weighted by Crippen LogP contribution is -2.18. The Kier molecular flexibility index (Phi) is 4.94. The molecule has 0 fully saturated rings. The minimum absolute atomic E-state index is 0.295. The van der Waals surface area contributed by atoms with E-state index in [1.54, 1.807) is 7.05 Å². The molecule has 0 aliphatic rings. The Hall–Kier alpha value is -1.15. The predicted octanol–water partition coefficient (Wildman–Crippen LogP) is 1.80. The third-order valence-electron chi connectivity index (χ3n) is 2.14. The Morgan fingerprint density at radius 1 is 1.29 bits per heavy atom. The highest BCUT2D eigenvalue weighted by molar-refractivity contribution is 5.80. The standard InChI is InChI=1S/C12H17NO/c1-13-10-12(14)9-5-8-11-6-3-2-4-7-11/h2-4,6-7,13H,5,8-10H2,1H3. The van der Waals surface area contributed by atoms with E-state index in [1.165, 1.54) is 5.56 Å². The van der Waals surface area contributed by atoms with Gasteiger partial charge in [-0.15, -0.1) is 0 Å². The monoisotopic (exact) mass is 191 g/mol. The third kappa shape index (κ3) is 4.19. The van der Waals surface area contributed by atoms with Gasteiger partial charge in [0.05, 0.1) is 6.54 Å². The van der Waals surface area contributed by atoms with Gasteiger partial charge in [0.25, 0.3) is 0 Å². The normalized spacial score (nSPS) is 10.1. The van der Waals surface area contributed by atoms with Crippen LogP contribution in [0, 0.1) is 0 Å². The Morgan fingerprint density at radius 3 is 2.64 bits per heavy atom. The number of rotatable bonds is 6. The number of likely N-dealkylation sites (N-methyl/N-ethyl adjacent to an activating group) is 1. The van der Waals surface area contributed by atoms with Crippen molar-refractivity contribution in [2.45, 2.75) is 19.3 Å². The van der Waals surface area contributed by atoms with Gasteiger partial charge < -0.3 is 5.32 Å². The van der Waals surface area contributed by atoms with Crippen LogP contribution in [0.3, 0.4) is 0 Å². The van der Waals surface area contributed by atoms with Crippen LogP contribution in [-0.2, 0) is 11.2 Å². The van der Waals surface area contributed by atoms with Gasteiger partial charge in [-0.2, -0.15) is 0 Å². The number of carbonyl (C=O) groups excluding carboxylic acids is 1. The average Bonchev–Trinajstić information content (AvgIpc) is 2.20. The van der Waals surface area contributed by atoms with E-state index in [0.29, 0.717) is 18.7 Å². The van der Waals surface area contributed by atoms with Gasteiger partial charge in [0.2, 0.25) is 0 Å². The molecule has 0 saturated carbocycles. The van der Waals surface area contributed by atoms with Gasteiger partial charge in [0, 0.05) is 6.42 Å². The number of aryl methyl sites for hydroxylation is 1. The highest BCUT2D eigenvalue weighted by atomic mass is 16.1. The molecule has 0 aliphatic carbocycles. The molecule has 1 aromatic rings. The van der Waals surface area contributed by atoms with Crippen molar-refractivity contribution in [1.82, 2.24) is 5.32 Å². The van der Waals surface area contributed by atoms with Crippen molar-refractivity contribution in [2.75, 3.05) is 13.6 Å².